The topological polar surface area (TPSA) is 24.4 Å². The quantitative estimate of drug-likeness (QED) is 0.854. The van der Waals surface area contributed by atoms with Crippen LogP contribution in [0.25, 0.3) is 0 Å². The van der Waals surface area contributed by atoms with Gasteiger partial charge in [0.25, 0.3) is 0 Å². The van der Waals surface area contributed by atoms with Crippen molar-refractivity contribution in [2.75, 3.05) is 17.6 Å². The summed E-state index contributed by atoms with van der Waals surface area (Å²) in [6.45, 7) is 9.90. The molecule has 0 unspecified atom stereocenters. The Labute approximate surface area is 127 Å². The second-order valence-corrected chi connectivity index (χ2v) is 6.67. The van der Waals surface area contributed by atoms with E-state index < -0.39 is 0 Å². The fourth-order valence-corrected chi connectivity index (χ4v) is 3.89. The van der Waals surface area contributed by atoms with Gasteiger partial charge in [0.05, 0.1) is 0 Å². The van der Waals surface area contributed by atoms with Gasteiger partial charge >= 0.3 is 0 Å². The molecule has 0 atom stereocenters. The minimum Gasteiger partial charge on any atom is -0.335 e. The highest BCUT2D eigenvalue weighted by Gasteiger charge is 2.30. The van der Waals surface area contributed by atoms with Crippen LogP contribution >= 0.6 is 11.8 Å². The summed E-state index contributed by atoms with van der Waals surface area (Å²) < 4.78 is 0. The number of thioether (sulfide) groups is 1. The Balaban J connectivity index is 2.15. The molecule has 1 aromatic carbocycles. The number of anilines is 1. The largest absolute Gasteiger partial charge is 0.335 e. The molecule has 0 saturated carbocycles. The van der Waals surface area contributed by atoms with Crippen LogP contribution in [0.15, 0.2) is 23.2 Å². The molecule has 1 heterocycles. The van der Waals surface area contributed by atoms with E-state index in [2.05, 4.69) is 51.2 Å². The summed E-state index contributed by atoms with van der Waals surface area (Å²) in [5.74, 6) is 1.18. The zero-order valence-electron chi connectivity index (χ0n) is 13.1. The highest BCUT2D eigenvalue weighted by atomic mass is 32.2. The van der Waals surface area contributed by atoms with Crippen molar-refractivity contribution in [3.63, 3.8) is 0 Å². The molecule has 0 aromatic heterocycles. The molecule has 1 N–H and O–H groups in total. The van der Waals surface area contributed by atoms with Crippen LogP contribution in [-0.2, 0) is 6.42 Å². The number of aryl methyl sites for hydroxylation is 2. The number of hydrogen-bond acceptors (Lipinski definition) is 3. The number of rotatable bonds is 4. The molecule has 0 amide bonds. The summed E-state index contributed by atoms with van der Waals surface area (Å²) in [6, 6.07) is 6.50. The van der Waals surface area contributed by atoms with Crippen LogP contribution in [0, 0.1) is 12.3 Å². The van der Waals surface area contributed by atoms with Gasteiger partial charge in [-0.05, 0) is 42.7 Å². The SMILES string of the molecule is CCc1cccc(C)c1NC1=NCC(CC)(CC)CS1. The van der Waals surface area contributed by atoms with Crippen molar-refractivity contribution in [1.29, 1.82) is 0 Å². The van der Waals surface area contributed by atoms with Gasteiger partial charge in [-0.1, -0.05) is 50.7 Å². The predicted molar refractivity (Wildman–Crippen MR) is 92.0 cm³/mol. The number of aliphatic imine (C=N–C) groups is 1. The maximum atomic E-state index is 4.81. The van der Waals surface area contributed by atoms with Gasteiger partial charge < -0.3 is 5.32 Å². The third-order valence-corrected chi connectivity index (χ3v) is 5.81. The van der Waals surface area contributed by atoms with Crippen LogP contribution in [0.4, 0.5) is 5.69 Å². The second kappa shape index (κ2) is 6.66. The van der Waals surface area contributed by atoms with Crippen LogP contribution in [-0.4, -0.2) is 17.5 Å². The number of nitrogens with one attached hydrogen (secondary N) is 1. The normalized spacial score (nSPS) is 17.7. The number of hydrogen-bond donors (Lipinski definition) is 1. The van der Waals surface area contributed by atoms with Crippen LogP contribution in [0.3, 0.4) is 0 Å². The minimum atomic E-state index is 0.412. The monoisotopic (exact) mass is 290 g/mol. The van der Waals surface area contributed by atoms with Crippen LogP contribution in [0.5, 0.6) is 0 Å². The summed E-state index contributed by atoms with van der Waals surface area (Å²) in [7, 11) is 0. The van der Waals surface area contributed by atoms with E-state index in [1.807, 2.05) is 11.8 Å². The fourth-order valence-electron chi connectivity index (χ4n) is 2.61. The van der Waals surface area contributed by atoms with E-state index in [0.717, 1.165) is 18.1 Å². The van der Waals surface area contributed by atoms with Gasteiger partial charge in [0.1, 0.15) is 0 Å². The summed E-state index contributed by atoms with van der Waals surface area (Å²) in [5.41, 5.74) is 4.34. The first-order chi connectivity index (χ1) is 9.64. The van der Waals surface area contributed by atoms with E-state index in [9.17, 15) is 0 Å². The number of para-hydroxylation sites is 1. The van der Waals surface area contributed by atoms with Gasteiger partial charge in [0.2, 0.25) is 0 Å². The molecule has 0 fully saturated rings. The van der Waals surface area contributed by atoms with Crippen molar-refractivity contribution in [3.05, 3.63) is 29.3 Å². The highest BCUT2D eigenvalue weighted by molar-refractivity contribution is 8.14. The standard InChI is InChI=1S/C17H26N2S/c1-5-14-10-8-9-13(4)15(14)19-16-18-11-17(6-2,7-3)12-20-16/h8-10H,5-7,11-12H2,1-4H3,(H,18,19). The first-order valence-corrected chi connectivity index (χ1v) is 8.65. The Hall–Kier alpha value is -0.960. The first-order valence-electron chi connectivity index (χ1n) is 7.67. The number of amidine groups is 1. The molecule has 2 nitrogen and oxygen atoms in total. The number of nitrogens with zero attached hydrogens (tertiary/aromatic N) is 1. The average molecular weight is 290 g/mol. The Bertz CT molecular complexity index is 490. The van der Waals surface area contributed by atoms with Crippen molar-refractivity contribution in [3.8, 4) is 0 Å². The van der Waals surface area contributed by atoms with Gasteiger partial charge in [0, 0.05) is 18.0 Å². The Morgan fingerprint density at radius 2 is 2.00 bits per heavy atom. The lowest BCUT2D eigenvalue weighted by Crippen LogP contribution is -2.32. The summed E-state index contributed by atoms with van der Waals surface area (Å²) in [6.07, 6.45) is 3.49. The molecule has 1 aromatic rings. The molecular weight excluding hydrogens is 264 g/mol. The van der Waals surface area contributed by atoms with E-state index in [0.29, 0.717) is 5.41 Å². The molecule has 110 valence electrons. The average Bonchev–Trinajstić information content (AvgIpc) is 2.50. The van der Waals surface area contributed by atoms with Crippen molar-refractivity contribution in [1.82, 2.24) is 0 Å². The molecule has 0 spiro atoms. The van der Waals surface area contributed by atoms with E-state index in [-0.39, 0.29) is 0 Å². The number of benzene rings is 1. The zero-order chi connectivity index (χ0) is 14.6. The summed E-state index contributed by atoms with van der Waals surface area (Å²) in [4.78, 5) is 4.81. The lowest BCUT2D eigenvalue weighted by atomic mass is 9.84. The molecular formula is C17H26N2S. The van der Waals surface area contributed by atoms with Crippen molar-refractivity contribution in [2.24, 2.45) is 10.4 Å². The van der Waals surface area contributed by atoms with Gasteiger partial charge in [0.15, 0.2) is 5.17 Å². The maximum Gasteiger partial charge on any atom is 0.161 e. The van der Waals surface area contributed by atoms with Crippen LogP contribution in [0.2, 0.25) is 0 Å². The molecule has 20 heavy (non-hydrogen) atoms. The van der Waals surface area contributed by atoms with Crippen molar-refractivity contribution < 1.29 is 0 Å². The third kappa shape index (κ3) is 3.20. The lowest BCUT2D eigenvalue weighted by molar-refractivity contribution is 0.318. The molecule has 3 heteroatoms. The van der Waals surface area contributed by atoms with Gasteiger partial charge in [-0.25, -0.2) is 0 Å². The van der Waals surface area contributed by atoms with Crippen molar-refractivity contribution >= 4 is 22.6 Å². The zero-order valence-corrected chi connectivity index (χ0v) is 13.9. The maximum absolute atomic E-state index is 4.81. The molecule has 1 aliphatic heterocycles. The lowest BCUT2D eigenvalue weighted by Gasteiger charge is -2.33. The Kier molecular flexibility index (Phi) is 5.14. The first kappa shape index (κ1) is 15.4. The molecule has 1 aliphatic rings. The van der Waals surface area contributed by atoms with E-state index >= 15 is 0 Å². The highest BCUT2D eigenvalue weighted by Crippen LogP contribution is 2.36. The molecule has 0 aliphatic carbocycles. The molecule has 2 rings (SSSR count). The van der Waals surface area contributed by atoms with Crippen molar-refractivity contribution in [2.45, 2.75) is 47.0 Å². The summed E-state index contributed by atoms with van der Waals surface area (Å²) in [5, 5.41) is 4.66. The Morgan fingerprint density at radius 3 is 2.55 bits per heavy atom. The van der Waals surface area contributed by atoms with E-state index in [1.54, 1.807) is 0 Å². The van der Waals surface area contributed by atoms with Gasteiger partial charge in [-0.3, -0.25) is 4.99 Å². The van der Waals surface area contributed by atoms with Gasteiger partial charge in [-0.15, -0.1) is 0 Å². The molecule has 0 radical (unpaired) electrons. The van der Waals surface area contributed by atoms with Crippen LogP contribution < -0.4 is 5.32 Å². The second-order valence-electron chi connectivity index (χ2n) is 5.70. The molecule has 0 saturated heterocycles. The third-order valence-electron chi connectivity index (χ3n) is 4.55. The van der Waals surface area contributed by atoms with Gasteiger partial charge in [-0.2, -0.15) is 0 Å². The predicted octanol–water partition coefficient (Wildman–Crippen LogP) is 4.88. The van der Waals surface area contributed by atoms with E-state index in [4.69, 9.17) is 4.99 Å². The van der Waals surface area contributed by atoms with Crippen LogP contribution in [0.1, 0.15) is 44.7 Å². The van der Waals surface area contributed by atoms with E-state index in [1.165, 1.54) is 35.4 Å². The Morgan fingerprint density at radius 1 is 1.25 bits per heavy atom. The molecule has 0 bridgehead atoms. The fraction of sp³-hybridized carbons (Fsp3) is 0.588. The summed E-state index contributed by atoms with van der Waals surface area (Å²) >= 11 is 1.88. The minimum absolute atomic E-state index is 0.412. The smallest absolute Gasteiger partial charge is 0.161 e.